The van der Waals surface area contributed by atoms with Gasteiger partial charge in [-0.05, 0) is 13.3 Å². The van der Waals surface area contributed by atoms with Crippen LogP contribution in [0.15, 0.2) is 12.2 Å². The van der Waals surface area contributed by atoms with Gasteiger partial charge in [0.05, 0.1) is 6.61 Å². The Morgan fingerprint density at radius 2 is 1.78 bits per heavy atom. The molecule has 0 saturated carbocycles. The van der Waals surface area contributed by atoms with Gasteiger partial charge in [0, 0.05) is 12.0 Å². The van der Waals surface area contributed by atoms with Crippen molar-refractivity contribution >= 4 is 17.9 Å². The maximum absolute atomic E-state index is 11.7. The highest BCUT2D eigenvalue weighted by Gasteiger charge is 2.42. The molecule has 102 valence electrons. The lowest BCUT2D eigenvalue weighted by Gasteiger charge is -2.06. The average Bonchev–Trinajstić information content (AvgIpc) is 2.22. The zero-order valence-corrected chi connectivity index (χ0v) is 9.50. The predicted molar refractivity (Wildman–Crippen MR) is 52.2 cm³/mol. The second kappa shape index (κ2) is 6.77. The van der Waals surface area contributed by atoms with Crippen molar-refractivity contribution in [2.45, 2.75) is 25.9 Å². The molecule has 0 aliphatic carbocycles. The number of alkyl halides is 3. The van der Waals surface area contributed by atoms with E-state index in [-0.39, 0.29) is 18.6 Å². The van der Waals surface area contributed by atoms with Crippen LogP contribution >= 0.6 is 0 Å². The smallest absolute Gasteiger partial charge is 0.462 e. The van der Waals surface area contributed by atoms with Crippen molar-refractivity contribution in [3.05, 3.63) is 12.2 Å². The molecule has 0 atom stereocenters. The number of ether oxygens (including phenoxy) is 2. The lowest BCUT2D eigenvalue weighted by molar-refractivity contribution is -0.201. The highest BCUT2D eigenvalue weighted by Crippen LogP contribution is 2.16. The lowest BCUT2D eigenvalue weighted by Crippen LogP contribution is -2.28. The van der Waals surface area contributed by atoms with Crippen LogP contribution in [0.5, 0.6) is 0 Å². The molecule has 0 amide bonds. The van der Waals surface area contributed by atoms with E-state index in [4.69, 9.17) is 0 Å². The minimum atomic E-state index is -5.21. The van der Waals surface area contributed by atoms with E-state index in [1.807, 2.05) is 0 Å². The summed E-state index contributed by atoms with van der Waals surface area (Å²) < 4.78 is 43.1. The first-order valence-corrected chi connectivity index (χ1v) is 4.79. The Morgan fingerprint density at radius 1 is 1.22 bits per heavy atom. The molecule has 0 radical (unpaired) electrons. The van der Waals surface area contributed by atoms with Gasteiger partial charge in [-0.15, -0.1) is 0 Å². The first-order valence-electron chi connectivity index (χ1n) is 4.79. The summed E-state index contributed by atoms with van der Waals surface area (Å²) >= 11 is 0. The molecular weight excluding hydrogens is 257 g/mol. The molecule has 0 bridgehead atoms. The molecule has 0 aromatic carbocycles. The van der Waals surface area contributed by atoms with Crippen molar-refractivity contribution in [2.24, 2.45) is 0 Å². The number of hydrogen-bond donors (Lipinski definition) is 0. The maximum atomic E-state index is 11.7. The summed E-state index contributed by atoms with van der Waals surface area (Å²) in [6.07, 6.45) is -5.73. The molecule has 0 unspecified atom stereocenters. The predicted octanol–water partition coefficient (Wildman–Crippen LogP) is 1.52. The summed E-state index contributed by atoms with van der Waals surface area (Å²) in [5, 5.41) is 0. The van der Waals surface area contributed by atoms with E-state index < -0.39 is 30.5 Å². The van der Waals surface area contributed by atoms with E-state index in [2.05, 4.69) is 16.1 Å². The summed E-state index contributed by atoms with van der Waals surface area (Å²) in [6.45, 7) is 4.54. The fourth-order valence-corrected chi connectivity index (χ4v) is 0.717. The van der Waals surface area contributed by atoms with Crippen LogP contribution in [0.2, 0.25) is 0 Å². The first kappa shape index (κ1) is 16.1. The molecule has 0 N–H and O–H groups in total. The average molecular weight is 268 g/mol. The zero-order chi connectivity index (χ0) is 14.3. The summed E-state index contributed by atoms with van der Waals surface area (Å²) in [4.78, 5) is 31.9. The molecule has 0 rings (SSSR count). The van der Waals surface area contributed by atoms with Crippen LogP contribution in [0, 0.1) is 0 Å². The normalized spacial score (nSPS) is 10.7. The third-order valence-corrected chi connectivity index (χ3v) is 1.54. The molecule has 0 aliphatic heterocycles. The molecule has 0 aromatic heterocycles. The number of rotatable bonds is 5. The third kappa shape index (κ3) is 6.66. The van der Waals surface area contributed by atoms with Gasteiger partial charge in [-0.25, -0.2) is 9.59 Å². The molecule has 0 spiro atoms. The molecule has 0 heterocycles. The highest BCUT2D eigenvalue weighted by molar-refractivity contribution is 5.88. The summed E-state index contributed by atoms with van der Waals surface area (Å²) in [7, 11) is 0. The second-order valence-electron chi connectivity index (χ2n) is 3.28. The van der Waals surface area contributed by atoms with Crippen molar-refractivity contribution in [1.29, 1.82) is 0 Å². The Balaban J connectivity index is 3.83. The minimum Gasteiger partial charge on any atom is -0.462 e. The topological polar surface area (TPSA) is 69.7 Å². The van der Waals surface area contributed by atoms with Crippen molar-refractivity contribution in [3.63, 3.8) is 0 Å². The number of carbonyl (C=O) groups is 3. The van der Waals surface area contributed by atoms with Gasteiger partial charge in [-0.1, -0.05) is 6.58 Å². The van der Waals surface area contributed by atoms with Crippen molar-refractivity contribution in [3.8, 4) is 0 Å². The fourth-order valence-electron chi connectivity index (χ4n) is 0.717. The quantitative estimate of drug-likeness (QED) is 0.327. The van der Waals surface area contributed by atoms with Gasteiger partial charge in [-0.3, -0.25) is 4.79 Å². The SMILES string of the molecule is C=C(C)C(=O)OCCCC(=O)OC(=O)C(F)(F)F. The van der Waals surface area contributed by atoms with Crippen LogP contribution in [0.25, 0.3) is 0 Å². The van der Waals surface area contributed by atoms with Crippen LogP contribution in [0.1, 0.15) is 19.8 Å². The molecule has 0 saturated heterocycles. The lowest BCUT2D eigenvalue weighted by atomic mass is 10.3. The third-order valence-electron chi connectivity index (χ3n) is 1.54. The molecule has 0 fully saturated rings. The van der Waals surface area contributed by atoms with E-state index in [9.17, 15) is 27.6 Å². The molecular formula is C10H11F3O5. The van der Waals surface area contributed by atoms with Gasteiger partial charge in [0.25, 0.3) is 0 Å². The van der Waals surface area contributed by atoms with Gasteiger partial charge in [0.1, 0.15) is 0 Å². The number of hydrogen-bond acceptors (Lipinski definition) is 5. The Bertz CT molecular complexity index is 359. The van der Waals surface area contributed by atoms with Gasteiger partial charge in [0.15, 0.2) is 0 Å². The van der Waals surface area contributed by atoms with Gasteiger partial charge in [0.2, 0.25) is 0 Å². The number of esters is 3. The van der Waals surface area contributed by atoms with Crippen molar-refractivity contribution < 1.29 is 37.0 Å². The standard InChI is InChI=1S/C10H11F3O5/c1-6(2)8(15)17-5-3-4-7(14)18-9(16)10(11,12)13/h1,3-5H2,2H3. The number of halogens is 3. The van der Waals surface area contributed by atoms with E-state index >= 15 is 0 Å². The van der Waals surface area contributed by atoms with Gasteiger partial charge < -0.3 is 9.47 Å². The van der Waals surface area contributed by atoms with Gasteiger partial charge >= 0.3 is 24.1 Å². The first-order chi connectivity index (χ1) is 8.14. The van der Waals surface area contributed by atoms with Gasteiger partial charge in [-0.2, -0.15) is 13.2 Å². The fraction of sp³-hybridized carbons (Fsp3) is 0.500. The Labute approximate surface area is 101 Å². The molecule has 8 heteroatoms. The largest absolute Gasteiger partial charge is 0.491 e. The van der Waals surface area contributed by atoms with E-state index in [0.29, 0.717) is 0 Å². The molecule has 5 nitrogen and oxygen atoms in total. The van der Waals surface area contributed by atoms with Crippen LogP contribution in [0.4, 0.5) is 13.2 Å². The Hall–Kier alpha value is -1.86. The number of carbonyl (C=O) groups excluding carboxylic acids is 3. The minimum absolute atomic E-state index is 0.0526. The van der Waals surface area contributed by atoms with Crippen molar-refractivity contribution in [2.75, 3.05) is 6.61 Å². The highest BCUT2D eigenvalue weighted by atomic mass is 19.4. The van der Waals surface area contributed by atoms with Crippen LogP contribution in [-0.2, 0) is 23.9 Å². The zero-order valence-electron chi connectivity index (χ0n) is 9.50. The Kier molecular flexibility index (Phi) is 6.07. The molecule has 0 aliphatic rings. The Morgan fingerprint density at radius 3 is 2.22 bits per heavy atom. The van der Waals surface area contributed by atoms with Crippen LogP contribution in [-0.4, -0.2) is 30.7 Å². The monoisotopic (exact) mass is 268 g/mol. The second-order valence-corrected chi connectivity index (χ2v) is 3.28. The van der Waals surface area contributed by atoms with Crippen molar-refractivity contribution in [1.82, 2.24) is 0 Å². The van der Waals surface area contributed by atoms with Crippen LogP contribution < -0.4 is 0 Å². The summed E-state index contributed by atoms with van der Waals surface area (Å²) in [6, 6.07) is 0. The summed E-state index contributed by atoms with van der Waals surface area (Å²) in [5.41, 5.74) is 0.157. The van der Waals surface area contributed by atoms with E-state index in [1.54, 1.807) is 0 Å². The maximum Gasteiger partial charge on any atom is 0.491 e. The van der Waals surface area contributed by atoms with Crippen LogP contribution in [0.3, 0.4) is 0 Å². The molecule has 18 heavy (non-hydrogen) atoms. The summed E-state index contributed by atoms with van der Waals surface area (Å²) in [5.74, 6) is -4.56. The molecule has 0 aromatic rings. The van der Waals surface area contributed by atoms with E-state index in [0.717, 1.165) is 0 Å². The van der Waals surface area contributed by atoms with E-state index in [1.165, 1.54) is 6.92 Å².